The van der Waals surface area contributed by atoms with Crippen molar-refractivity contribution in [3.05, 3.63) is 0 Å². The summed E-state index contributed by atoms with van der Waals surface area (Å²) in [4.78, 5) is 33.3. The monoisotopic (exact) mass is 516 g/mol. The van der Waals surface area contributed by atoms with Crippen LogP contribution in [0, 0.1) is 10.8 Å². The van der Waals surface area contributed by atoms with Crippen molar-refractivity contribution in [2.24, 2.45) is 10.8 Å². The highest BCUT2D eigenvalue weighted by Gasteiger charge is 2.31. The van der Waals surface area contributed by atoms with Crippen LogP contribution in [0.25, 0.3) is 0 Å². The number of hydrogen-bond donors (Lipinski definition) is 2. The molecular formula is C26H52N4O6. The molecule has 1 heterocycles. The minimum absolute atomic E-state index is 0.269. The normalized spacial score (nSPS) is 20.7. The van der Waals surface area contributed by atoms with E-state index in [-0.39, 0.29) is 25.0 Å². The van der Waals surface area contributed by atoms with Crippen LogP contribution in [0.15, 0.2) is 0 Å². The van der Waals surface area contributed by atoms with Crippen LogP contribution in [-0.2, 0) is 19.1 Å². The zero-order chi connectivity index (χ0) is 27.5. The van der Waals surface area contributed by atoms with Crippen LogP contribution in [0.3, 0.4) is 0 Å². The first-order valence-electron chi connectivity index (χ1n) is 13.3. The number of ether oxygens (including phenoxy) is 2. The fraction of sp³-hybridized carbons (Fsp3) is 0.923. The Kier molecular flexibility index (Phi) is 13.8. The smallest absolute Gasteiger partial charge is 0.313 e. The summed E-state index contributed by atoms with van der Waals surface area (Å²) in [6.45, 7) is 17.7. The van der Waals surface area contributed by atoms with Gasteiger partial charge in [0.2, 0.25) is 12.6 Å². The molecular weight excluding hydrogens is 464 g/mol. The first-order valence-corrected chi connectivity index (χ1v) is 13.3. The molecule has 2 N–H and O–H groups in total. The molecule has 10 nitrogen and oxygen atoms in total. The molecule has 36 heavy (non-hydrogen) atoms. The molecule has 1 aliphatic rings. The van der Waals surface area contributed by atoms with Gasteiger partial charge in [-0.2, -0.15) is 0 Å². The summed E-state index contributed by atoms with van der Waals surface area (Å²) < 4.78 is 10.6. The first kappa shape index (κ1) is 32.7. The summed E-state index contributed by atoms with van der Waals surface area (Å²) >= 11 is 0. The number of esters is 2. The minimum atomic E-state index is -1.16. The molecule has 0 bridgehead atoms. The average Bonchev–Trinajstić information content (AvgIpc) is 2.81. The Labute approximate surface area is 218 Å². The molecule has 2 unspecified atom stereocenters. The maximum atomic E-state index is 12.3. The molecule has 0 aliphatic carbocycles. The summed E-state index contributed by atoms with van der Waals surface area (Å²) in [5.74, 6) is -0.764. The molecule has 0 aromatic rings. The Hall–Kier alpha value is -1.30. The lowest BCUT2D eigenvalue weighted by Gasteiger charge is -2.33. The second-order valence-electron chi connectivity index (χ2n) is 11.4. The van der Waals surface area contributed by atoms with Gasteiger partial charge in [0.05, 0.1) is 23.9 Å². The largest absolute Gasteiger partial charge is 0.434 e. The highest BCUT2D eigenvalue weighted by molar-refractivity contribution is 5.76. The summed E-state index contributed by atoms with van der Waals surface area (Å²) in [5.41, 5.74) is -1.24. The van der Waals surface area contributed by atoms with Crippen molar-refractivity contribution >= 4 is 11.9 Å². The molecule has 1 fully saturated rings. The zero-order valence-corrected chi connectivity index (χ0v) is 24.0. The van der Waals surface area contributed by atoms with Crippen molar-refractivity contribution in [1.82, 2.24) is 19.6 Å². The molecule has 0 spiro atoms. The summed E-state index contributed by atoms with van der Waals surface area (Å²) in [6.07, 6.45) is -1.04. The fourth-order valence-corrected chi connectivity index (χ4v) is 3.43. The van der Waals surface area contributed by atoms with Gasteiger partial charge in [-0.3, -0.25) is 19.4 Å². The molecule has 10 heteroatoms. The van der Waals surface area contributed by atoms with Gasteiger partial charge < -0.3 is 29.5 Å². The summed E-state index contributed by atoms with van der Waals surface area (Å²) in [5, 5.41) is 20.8. The highest BCUT2D eigenvalue weighted by atomic mass is 16.6. The van der Waals surface area contributed by atoms with Gasteiger partial charge in [-0.15, -0.1) is 0 Å². The molecule has 1 aliphatic heterocycles. The highest BCUT2D eigenvalue weighted by Crippen LogP contribution is 2.23. The number of carbonyl (C=O) groups is 2. The number of aliphatic hydroxyl groups is 2. The van der Waals surface area contributed by atoms with Crippen molar-refractivity contribution < 1.29 is 29.3 Å². The van der Waals surface area contributed by atoms with Gasteiger partial charge in [-0.05, 0) is 54.6 Å². The van der Waals surface area contributed by atoms with Crippen LogP contribution in [0.1, 0.15) is 54.4 Å². The van der Waals surface area contributed by atoms with E-state index in [1.165, 1.54) is 0 Å². The second kappa shape index (κ2) is 15.2. The number of nitrogens with zero attached hydrogens (tertiary/aromatic N) is 4. The molecule has 212 valence electrons. The van der Waals surface area contributed by atoms with Crippen molar-refractivity contribution in [1.29, 1.82) is 0 Å². The lowest BCUT2D eigenvalue weighted by molar-refractivity contribution is -0.181. The molecule has 0 amide bonds. The van der Waals surface area contributed by atoms with Crippen LogP contribution in [0.2, 0.25) is 0 Å². The van der Waals surface area contributed by atoms with E-state index in [4.69, 9.17) is 9.47 Å². The third-order valence-corrected chi connectivity index (χ3v) is 7.38. The third kappa shape index (κ3) is 11.8. The quantitative estimate of drug-likeness (QED) is 0.323. The van der Waals surface area contributed by atoms with Crippen molar-refractivity contribution in [2.75, 3.05) is 79.5 Å². The van der Waals surface area contributed by atoms with E-state index >= 15 is 0 Å². The molecule has 2 atom stereocenters. The Morgan fingerprint density at radius 3 is 1.19 bits per heavy atom. The molecule has 0 radical (unpaired) electrons. The van der Waals surface area contributed by atoms with Crippen molar-refractivity contribution in [2.45, 2.75) is 67.0 Å². The molecule has 0 aromatic carbocycles. The predicted octanol–water partition coefficient (Wildman–Crippen LogP) is 1.06. The lowest BCUT2D eigenvalue weighted by Crippen LogP contribution is -2.48. The number of likely N-dealkylation sites (N-methyl/N-ethyl adjacent to an activating group) is 2. The Bertz CT molecular complexity index is 603. The lowest BCUT2D eigenvalue weighted by atomic mass is 9.91. The van der Waals surface area contributed by atoms with Crippen LogP contribution in [0.4, 0.5) is 0 Å². The second-order valence-corrected chi connectivity index (χ2v) is 11.4. The first-order chi connectivity index (χ1) is 16.7. The molecule has 0 aromatic heterocycles. The van der Waals surface area contributed by atoms with E-state index in [2.05, 4.69) is 19.6 Å². The van der Waals surface area contributed by atoms with E-state index in [1.54, 1.807) is 0 Å². The number of hydrogen-bond acceptors (Lipinski definition) is 10. The zero-order valence-electron chi connectivity index (χ0n) is 24.0. The van der Waals surface area contributed by atoms with E-state index in [0.717, 1.165) is 52.4 Å². The molecule has 0 saturated carbocycles. The number of aliphatic hydroxyl groups excluding tert-OH is 2. The average molecular weight is 517 g/mol. The van der Waals surface area contributed by atoms with E-state index in [0.29, 0.717) is 12.8 Å². The SMILES string of the molecule is CCC(C)(C)C(=O)OC(O)CN1CCN(C)CCN(CC(O)OC(=O)C(C)(C)CC)CCN(C)CC1. The predicted molar refractivity (Wildman–Crippen MR) is 140 cm³/mol. The van der Waals surface area contributed by atoms with Crippen molar-refractivity contribution in [3.63, 3.8) is 0 Å². The number of carbonyl (C=O) groups excluding carboxylic acids is 2. The van der Waals surface area contributed by atoms with E-state index < -0.39 is 23.4 Å². The topological polar surface area (TPSA) is 106 Å². The standard InChI is InChI=1S/C26H52N4O6/c1-9-25(3,4)23(33)35-21(31)19-29-15-11-27(7)13-17-30(18-14-28(8)12-16-29)20-22(32)36-24(34)26(5,6)10-2/h21-22,31-32H,9-20H2,1-8H3. The third-order valence-electron chi connectivity index (χ3n) is 7.38. The van der Waals surface area contributed by atoms with Gasteiger partial charge in [-0.25, -0.2) is 0 Å². The number of β-amino-alcohol motifs (C(OH)–C–C–N with tert-alkyl or cyclic N) is 2. The Balaban J connectivity index is 2.66. The van der Waals surface area contributed by atoms with Gasteiger partial charge in [0.1, 0.15) is 0 Å². The van der Waals surface area contributed by atoms with Gasteiger partial charge in [0.25, 0.3) is 0 Å². The van der Waals surface area contributed by atoms with Crippen LogP contribution >= 0.6 is 0 Å². The van der Waals surface area contributed by atoms with Crippen LogP contribution < -0.4 is 0 Å². The summed E-state index contributed by atoms with van der Waals surface area (Å²) in [7, 11) is 4.07. The Morgan fingerprint density at radius 2 is 0.944 bits per heavy atom. The van der Waals surface area contributed by atoms with Gasteiger partial charge in [-0.1, -0.05) is 13.8 Å². The van der Waals surface area contributed by atoms with E-state index in [1.807, 2.05) is 55.6 Å². The van der Waals surface area contributed by atoms with Gasteiger partial charge >= 0.3 is 11.9 Å². The van der Waals surface area contributed by atoms with Crippen LogP contribution in [0.5, 0.6) is 0 Å². The molecule has 1 rings (SSSR count). The maximum absolute atomic E-state index is 12.3. The van der Waals surface area contributed by atoms with Crippen molar-refractivity contribution in [3.8, 4) is 0 Å². The van der Waals surface area contributed by atoms with Gasteiger partial charge in [0, 0.05) is 52.4 Å². The minimum Gasteiger partial charge on any atom is -0.434 e. The fourth-order valence-electron chi connectivity index (χ4n) is 3.43. The maximum Gasteiger partial charge on any atom is 0.313 e. The number of rotatable bonds is 10. The van der Waals surface area contributed by atoms with E-state index in [9.17, 15) is 19.8 Å². The summed E-state index contributed by atoms with van der Waals surface area (Å²) in [6, 6.07) is 0. The van der Waals surface area contributed by atoms with Gasteiger partial charge in [0.15, 0.2) is 0 Å². The van der Waals surface area contributed by atoms with Crippen LogP contribution in [-0.4, -0.2) is 134 Å². The molecule has 1 saturated heterocycles. The Morgan fingerprint density at radius 1 is 0.667 bits per heavy atom.